The molecule has 0 spiro atoms. The maximum absolute atomic E-state index is 5.63. The van der Waals surface area contributed by atoms with E-state index in [1.54, 1.807) is 19.3 Å². The second-order valence-corrected chi connectivity index (χ2v) is 3.57. The third-order valence-electron chi connectivity index (χ3n) is 2.41. The van der Waals surface area contributed by atoms with Crippen molar-refractivity contribution >= 4 is 5.95 Å². The summed E-state index contributed by atoms with van der Waals surface area (Å²) in [5, 5.41) is 2.87. The summed E-state index contributed by atoms with van der Waals surface area (Å²) in [5.74, 6) is 1.87. The van der Waals surface area contributed by atoms with Gasteiger partial charge >= 0.3 is 0 Å². The molecule has 0 atom stereocenters. The van der Waals surface area contributed by atoms with Gasteiger partial charge in [0.1, 0.15) is 5.75 Å². The van der Waals surface area contributed by atoms with Gasteiger partial charge < -0.3 is 10.1 Å². The molecule has 0 unspecified atom stereocenters. The molecule has 0 aliphatic heterocycles. The second kappa shape index (κ2) is 5.30. The number of benzene rings is 1. The predicted octanol–water partition coefficient (Wildman–Crippen LogP) is 2.87. The van der Waals surface area contributed by atoms with Gasteiger partial charge in [-0.3, -0.25) is 0 Å². The van der Waals surface area contributed by atoms with Crippen molar-refractivity contribution in [3.8, 4) is 11.6 Å². The smallest absolute Gasteiger partial charge is 0.225 e. The minimum Gasteiger partial charge on any atom is -0.439 e. The Balaban J connectivity index is 2.13. The van der Waals surface area contributed by atoms with E-state index in [-0.39, 0.29) is 0 Å². The summed E-state index contributed by atoms with van der Waals surface area (Å²) < 4.78 is 5.63. The van der Waals surface area contributed by atoms with Crippen molar-refractivity contribution in [2.75, 3.05) is 12.4 Å². The maximum atomic E-state index is 5.63. The molecular formula is C13H15N3O. The lowest BCUT2D eigenvalue weighted by Crippen LogP contribution is -1.97. The highest BCUT2D eigenvalue weighted by Gasteiger charge is 2.00. The Morgan fingerprint density at radius 2 is 1.94 bits per heavy atom. The molecule has 2 rings (SSSR count). The van der Waals surface area contributed by atoms with E-state index in [1.165, 1.54) is 5.56 Å². The largest absolute Gasteiger partial charge is 0.439 e. The standard InChI is InChI=1S/C13H15N3O/c1-3-10-4-6-11(7-5-10)17-12-8-9-15-13(14-2)16-12/h4-9H,3H2,1-2H3,(H,14,15,16). The minimum absolute atomic E-state index is 0.536. The van der Waals surface area contributed by atoms with E-state index in [2.05, 4.69) is 34.3 Å². The second-order valence-electron chi connectivity index (χ2n) is 3.57. The third kappa shape index (κ3) is 2.93. The molecule has 88 valence electrons. The van der Waals surface area contributed by atoms with Crippen LogP contribution in [0.25, 0.3) is 0 Å². The number of ether oxygens (including phenoxy) is 1. The highest BCUT2D eigenvalue weighted by molar-refractivity contribution is 5.32. The summed E-state index contributed by atoms with van der Waals surface area (Å²) in [6, 6.07) is 9.72. The van der Waals surface area contributed by atoms with Gasteiger partial charge in [-0.2, -0.15) is 4.98 Å². The lowest BCUT2D eigenvalue weighted by atomic mass is 10.2. The molecule has 2 aromatic rings. The van der Waals surface area contributed by atoms with Gasteiger partial charge in [-0.25, -0.2) is 4.98 Å². The molecular weight excluding hydrogens is 214 g/mol. The Kier molecular flexibility index (Phi) is 3.55. The van der Waals surface area contributed by atoms with Gasteiger partial charge in [0.15, 0.2) is 0 Å². The van der Waals surface area contributed by atoms with Gasteiger partial charge in [-0.1, -0.05) is 19.1 Å². The van der Waals surface area contributed by atoms with Crippen LogP contribution in [-0.4, -0.2) is 17.0 Å². The van der Waals surface area contributed by atoms with E-state index >= 15 is 0 Å². The molecule has 4 heteroatoms. The third-order valence-corrected chi connectivity index (χ3v) is 2.41. The number of nitrogens with one attached hydrogen (secondary N) is 1. The zero-order valence-electron chi connectivity index (χ0n) is 9.97. The summed E-state index contributed by atoms with van der Waals surface area (Å²) in [7, 11) is 1.77. The normalized spacial score (nSPS) is 10.0. The molecule has 1 N–H and O–H groups in total. The van der Waals surface area contributed by atoms with Gasteiger partial charge in [0.25, 0.3) is 0 Å². The zero-order valence-corrected chi connectivity index (χ0v) is 9.97. The van der Waals surface area contributed by atoms with Crippen LogP contribution in [-0.2, 0) is 6.42 Å². The number of nitrogens with zero attached hydrogens (tertiary/aromatic N) is 2. The van der Waals surface area contributed by atoms with Crippen LogP contribution < -0.4 is 10.1 Å². The highest BCUT2D eigenvalue weighted by atomic mass is 16.5. The van der Waals surface area contributed by atoms with E-state index in [1.807, 2.05) is 12.1 Å². The van der Waals surface area contributed by atoms with Crippen LogP contribution in [0.2, 0.25) is 0 Å². The summed E-state index contributed by atoms with van der Waals surface area (Å²) >= 11 is 0. The van der Waals surface area contributed by atoms with Gasteiger partial charge in [0.2, 0.25) is 11.8 Å². The molecule has 0 aliphatic rings. The monoisotopic (exact) mass is 229 g/mol. The van der Waals surface area contributed by atoms with Gasteiger partial charge in [0, 0.05) is 19.3 Å². The fourth-order valence-corrected chi connectivity index (χ4v) is 1.43. The van der Waals surface area contributed by atoms with Crippen molar-refractivity contribution in [1.29, 1.82) is 0 Å². The molecule has 4 nitrogen and oxygen atoms in total. The fraction of sp³-hybridized carbons (Fsp3) is 0.231. The van der Waals surface area contributed by atoms with E-state index in [0.29, 0.717) is 11.8 Å². The zero-order chi connectivity index (χ0) is 12.1. The Labute approximate surface area is 101 Å². The van der Waals surface area contributed by atoms with Crippen LogP contribution in [0.1, 0.15) is 12.5 Å². The minimum atomic E-state index is 0.536. The van der Waals surface area contributed by atoms with Crippen molar-refractivity contribution in [1.82, 2.24) is 9.97 Å². The Morgan fingerprint density at radius 3 is 2.59 bits per heavy atom. The van der Waals surface area contributed by atoms with E-state index in [4.69, 9.17) is 4.74 Å². The molecule has 17 heavy (non-hydrogen) atoms. The number of hydrogen-bond donors (Lipinski definition) is 1. The number of aromatic nitrogens is 2. The number of aryl methyl sites for hydroxylation is 1. The molecule has 1 heterocycles. The predicted molar refractivity (Wildman–Crippen MR) is 67.5 cm³/mol. The number of hydrogen-bond acceptors (Lipinski definition) is 4. The molecule has 1 aromatic carbocycles. The Bertz CT molecular complexity index is 482. The van der Waals surface area contributed by atoms with Gasteiger partial charge in [-0.15, -0.1) is 0 Å². The fourth-order valence-electron chi connectivity index (χ4n) is 1.43. The van der Waals surface area contributed by atoms with Crippen LogP contribution in [0, 0.1) is 0 Å². The molecule has 0 aliphatic carbocycles. The first-order chi connectivity index (χ1) is 8.31. The summed E-state index contributed by atoms with van der Waals surface area (Å²) in [5.41, 5.74) is 1.29. The lowest BCUT2D eigenvalue weighted by Gasteiger charge is -2.06. The average molecular weight is 229 g/mol. The van der Waals surface area contributed by atoms with Crippen LogP contribution in [0.4, 0.5) is 5.95 Å². The van der Waals surface area contributed by atoms with E-state index in [9.17, 15) is 0 Å². The molecule has 0 saturated carbocycles. The molecule has 0 fully saturated rings. The Hall–Kier alpha value is -2.10. The summed E-state index contributed by atoms with van der Waals surface area (Å²) in [6.07, 6.45) is 2.69. The lowest BCUT2D eigenvalue weighted by molar-refractivity contribution is 0.462. The highest BCUT2D eigenvalue weighted by Crippen LogP contribution is 2.20. The quantitative estimate of drug-likeness (QED) is 0.875. The van der Waals surface area contributed by atoms with Crippen LogP contribution in [0.3, 0.4) is 0 Å². The van der Waals surface area contributed by atoms with Crippen molar-refractivity contribution in [2.24, 2.45) is 0 Å². The molecule has 0 saturated heterocycles. The maximum Gasteiger partial charge on any atom is 0.225 e. The molecule has 0 radical (unpaired) electrons. The topological polar surface area (TPSA) is 47.0 Å². The summed E-state index contributed by atoms with van der Waals surface area (Å²) in [6.45, 7) is 2.12. The first-order valence-electron chi connectivity index (χ1n) is 5.59. The Morgan fingerprint density at radius 1 is 1.18 bits per heavy atom. The summed E-state index contributed by atoms with van der Waals surface area (Å²) in [4.78, 5) is 8.21. The average Bonchev–Trinajstić information content (AvgIpc) is 2.40. The molecule has 0 bridgehead atoms. The SMILES string of the molecule is CCc1ccc(Oc2ccnc(NC)n2)cc1. The number of anilines is 1. The van der Waals surface area contributed by atoms with Crippen LogP contribution in [0.5, 0.6) is 11.6 Å². The van der Waals surface area contributed by atoms with Gasteiger partial charge in [0.05, 0.1) is 0 Å². The van der Waals surface area contributed by atoms with Crippen molar-refractivity contribution in [3.63, 3.8) is 0 Å². The van der Waals surface area contributed by atoms with E-state index in [0.717, 1.165) is 12.2 Å². The van der Waals surface area contributed by atoms with Crippen molar-refractivity contribution in [2.45, 2.75) is 13.3 Å². The van der Waals surface area contributed by atoms with E-state index < -0.39 is 0 Å². The number of rotatable bonds is 4. The first-order valence-corrected chi connectivity index (χ1v) is 5.59. The van der Waals surface area contributed by atoms with Crippen molar-refractivity contribution in [3.05, 3.63) is 42.1 Å². The van der Waals surface area contributed by atoms with Gasteiger partial charge in [-0.05, 0) is 24.1 Å². The van der Waals surface area contributed by atoms with Crippen molar-refractivity contribution < 1.29 is 4.74 Å². The van der Waals surface area contributed by atoms with Crippen LogP contribution >= 0.6 is 0 Å². The molecule has 1 aromatic heterocycles. The first kappa shape index (κ1) is 11.4. The molecule has 0 amide bonds. The van der Waals surface area contributed by atoms with Crippen LogP contribution in [0.15, 0.2) is 36.5 Å².